The summed E-state index contributed by atoms with van der Waals surface area (Å²) in [7, 11) is 0. The second-order valence-corrected chi connectivity index (χ2v) is 6.94. The first-order chi connectivity index (χ1) is 13.2. The minimum Gasteiger partial charge on any atom is -0.491 e. The molecule has 2 unspecified atom stereocenters. The Hall–Kier alpha value is -2.75. The predicted octanol–water partition coefficient (Wildman–Crippen LogP) is 2.74. The number of carbonyl (C=O) groups is 1. The van der Waals surface area contributed by atoms with Gasteiger partial charge in [0.05, 0.1) is 0 Å². The van der Waals surface area contributed by atoms with Gasteiger partial charge >= 0.3 is 5.97 Å². The van der Waals surface area contributed by atoms with E-state index in [1.165, 1.54) is 36.4 Å². The number of aliphatic hydroxyl groups is 2. The SMILES string of the molecule is C=[O+]C(=O)CC(C)(C)CC(O)C#C/C=C/C=C/C(O)COc1ccc(F)cc1. The third kappa shape index (κ3) is 10.4. The fourth-order valence-corrected chi connectivity index (χ4v) is 2.30. The highest BCUT2D eigenvalue weighted by Crippen LogP contribution is 2.26. The lowest BCUT2D eigenvalue weighted by Gasteiger charge is -2.21. The van der Waals surface area contributed by atoms with Crippen molar-refractivity contribution in [2.24, 2.45) is 5.41 Å². The van der Waals surface area contributed by atoms with Gasteiger partial charge in [-0.25, -0.2) is 4.39 Å². The van der Waals surface area contributed by atoms with Crippen LogP contribution in [0.4, 0.5) is 4.39 Å². The normalized spacial score (nSPS) is 13.8. The average molecular weight is 389 g/mol. The fraction of sp³-hybridized carbons (Fsp3) is 0.364. The van der Waals surface area contributed by atoms with Gasteiger partial charge in [-0.3, -0.25) is 4.42 Å². The first-order valence-electron chi connectivity index (χ1n) is 8.75. The van der Waals surface area contributed by atoms with Gasteiger partial charge in [0.25, 0.3) is 0 Å². The number of rotatable bonds is 9. The summed E-state index contributed by atoms with van der Waals surface area (Å²) in [6.07, 6.45) is 5.03. The second kappa shape index (κ2) is 11.9. The summed E-state index contributed by atoms with van der Waals surface area (Å²) in [5.74, 6) is 5.05. The van der Waals surface area contributed by atoms with Gasteiger partial charge in [-0.15, -0.1) is 0 Å². The fourth-order valence-electron chi connectivity index (χ4n) is 2.30. The van der Waals surface area contributed by atoms with Crippen molar-refractivity contribution in [3.8, 4) is 17.6 Å². The first-order valence-corrected chi connectivity index (χ1v) is 8.75. The smallest absolute Gasteiger partial charge is 0.491 e. The van der Waals surface area contributed by atoms with Crippen LogP contribution in [0.2, 0.25) is 0 Å². The maximum absolute atomic E-state index is 12.8. The van der Waals surface area contributed by atoms with E-state index >= 15 is 0 Å². The van der Waals surface area contributed by atoms with Crippen LogP contribution in [-0.4, -0.2) is 41.8 Å². The molecule has 0 radical (unpaired) electrons. The van der Waals surface area contributed by atoms with E-state index in [1.54, 1.807) is 12.2 Å². The zero-order valence-electron chi connectivity index (χ0n) is 16.1. The zero-order valence-corrected chi connectivity index (χ0v) is 16.1. The molecule has 0 amide bonds. The van der Waals surface area contributed by atoms with Crippen LogP contribution in [0, 0.1) is 23.1 Å². The Labute approximate surface area is 164 Å². The topological polar surface area (TPSA) is 78.1 Å². The first kappa shape index (κ1) is 23.3. The number of carbonyl (C=O) groups excluding carboxylic acids is 2. The Morgan fingerprint density at radius 3 is 2.64 bits per heavy atom. The quantitative estimate of drug-likeness (QED) is 0.387. The zero-order chi connectivity index (χ0) is 21.0. The van der Waals surface area contributed by atoms with E-state index in [9.17, 15) is 19.4 Å². The summed E-state index contributed by atoms with van der Waals surface area (Å²) in [5.41, 5.74) is -0.457. The van der Waals surface area contributed by atoms with Gasteiger partial charge in [0.1, 0.15) is 36.8 Å². The third-order valence-electron chi connectivity index (χ3n) is 3.64. The minimum atomic E-state index is -0.879. The summed E-state index contributed by atoms with van der Waals surface area (Å²) < 4.78 is 22.5. The Bertz CT molecular complexity index is 753. The molecule has 2 N–H and O–H groups in total. The molecule has 6 heteroatoms. The summed E-state index contributed by atoms with van der Waals surface area (Å²) >= 11 is 0. The van der Waals surface area contributed by atoms with E-state index < -0.39 is 23.6 Å². The van der Waals surface area contributed by atoms with Gasteiger partial charge in [0, 0.05) is 4.79 Å². The lowest BCUT2D eigenvalue weighted by molar-refractivity contribution is -0.370. The van der Waals surface area contributed by atoms with E-state index in [1.807, 2.05) is 13.8 Å². The van der Waals surface area contributed by atoms with Gasteiger partial charge in [-0.05, 0) is 42.2 Å². The minimum absolute atomic E-state index is 0.0329. The van der Waals surface area contributed by atoms with Crippen molar-refractivity contribution in [1.29, 1.82) is 0 Å². The van der Waals surface area contributed by atoms with E-state index in [0.717, 1.165) is 0 Å². The van der Waals surface area contributed by atoms with Crippen LogP contribution in [0.5, 0.6) is 5.75 Å². The number of ether oxygens (including phenoxy) is 1. The van der Waals surface area contributed by atoms with Crippen LogP contribution < -0.4 is 4.74 Å². The van der Waals surface area contributed by atoms with Gasteiger partial charge < -0.3 is 14.9 Å². The second-order valence-electron chi connectivity index (χ2n) is 6.94. The molecular formula is C22H26FO5+. The molecule has 0 aliphatic carbocycles. The molecular weight excluding hydrogens is 363 g/mol. The predicted molar refractivity (Wildman–Crippen MR) is 105 cm³/mol. The molecule has 0 bridgehead atoms. The van der Waals surface area contributed by atoms with E-state index in [4.69, 9.17) is 4.74 Å². The molecule has 0 spiro atoms. The maximum atomic E-state index is 12.8. The maximum Gasteiger partial charge on any atom is 0.579 e. The summed E-state index contributed by atoms with van der Waals surface area (Å²) in [6.45, 7) is 6.78. The number of allylic oxidation sites excluding steroid dienone is 3. The number of hydrogen-bond donors (Lipinski definition) is 2. The van der Waals surface area contributed by atoms with Crippen LogP contribution in [0.15, 0.2) is 48.6 Å². The number of halogens is 1. The molecule has 1 aromatic carbocycles. The molecule has 150 valence electrons. The molecule has 1 rings (SSSR count). The highest BCUT2D eigenvalue weighted by atomic mass is 19.1. The molecule has 0 heterocycles. The van der Waals surface area contributed by atoms with Gasteiger partial charge in [0.2, 0.25) is 0 Å². The largest absolute Gasteiger partial charge is 0.579 e. The van der Waals surface area contributed by atoms with Crippen LogP contribution in [0.25, 0.3) is 0 Å². The number of aliphatic hydroxyl groups excluding tert-OH is 2. The Balaban J connectivity index is 2.37. The molecule has 0 aromatic heterocycles. The van der Waals surface area contributed by atoms with Crippen molar-refractivity contribution in [2.75, 3.05) is 6.61 Å². The van der Waals surface area contributed by atoms with Crippen molar-refractivity contribution >= 4 is 12.8 Å². The Morgan fingerprint density at radius 1 is 1.32 bits per heavy atom. The highest BCUT2D eigenvalue weighted by molar-refractivity contribution is 5.67. The third-order valence-corrected chi connectivity index (χ3v) is 3.64. The van der Waals surface area contributed by atoms with Crippen molar-refractivity contribution in [2.45, 2.75) is 38.9 Å². The number of benzene rings is 1. The van der Waals surface area contributed by atoms with E-state index in [-0.39, 0.29) is 18.8 Å². The molecule has 5 nitrogen and oxygen atoms in total. The van der Waals surface area contributed by atoms with Crippen LogP contribution in [0.3, 0.4) is 0 Å². The van der Waals surface area contributed by atoms with Crippen LogP contribution in [-0.2, 0) is 9.22 Å². The molecule has 0 aliphatic rings. The Kier molecular flexibility index (Phi) is 9.86. The summed E-state index contributed by atoms with van der Waals surface area (Å²) in [6, 6.07) is 5.52. The number of hydrogen-bond acceptors (Lipinski definition) is 4. The van der Waals surface area contributed by atoms with E-state index in [2.05, 4.69) is 23.1 Å². The van der Waals surface area contributed by atoms with Crippen molar-refractivity contribution in [3.05, 3.63) is 54.4 Å². The van der Waals surface area contributed by atoms with Crippen LogP contribution in [0.1, 0.15) is 26.7 Å². The van der Waals surface area contributed by atoms with Crippen molar-refractivity contribution in [1.82, 2.24) is 0 Å². The van der Waals surface area contributed by atoms with Crippen molar-refractivity contribution < 1.29 is 28.6 Å². The molecule has 0 saturated heterocycles. The van der Waals surface area contributed by atoms with Gasteiger partial charge in [0.15, 0.2) is 6.79 Å². The lowest BCUT2D eigenvalue weighted by atomic mass is 9.83. The van der Waals surface area contributed by atoms with Crippen molar-refractivity contribution in [3.63, 3.8) is 0 Å². The highest BCUT2D eigenvalue weighted by Gasteiger charge is 2.30. The molecule has 2 atom stereocenters. The standard InChI is InChI=1S/C22H26FO5/c1-22(2,15-21(26)27-3)14-18(24)8-6-4-5-7-9-19(25)16-28-20-12-10-17(23)11-13-20/h4-5,7,9-13,18-19,24-25H,3,14-16H2,1-2H3/q+1/b5-4+,9-7+. The molecule has 0 saturated carbocycles. The molecule has 0 aliphatic heterocycles. The van der Waals surface area contributed by atoms with Crippen LogP contribution >= 0.6 is 0 Å². The van der Waals surface area contributed by atoms with Gasteiger partial charge in [-0.2, -0.15) is 0 Å². The van der Waals surface area contributed by atoms with E-state index in [0.29, 0.717) is 12.2 Å². The van der Waals surface area contributed by atoms with Gasteiger partial charge in [-0.1, -0.05) is 43.9 Å². The summed E-state index contributed by atoms with van der Waals surface area (Å²) in [5, 5.41) is 19.7. The lowest BCUT2D eigenvalue weighted by Crippen LogP contribution is -2.23. The molecule has 28 heavy (non-hydrogen) atoms. The summed E-state index contributed by atoms with van der Waals surface area (Å²) in [4.78, 5) is 11.3. The Morgan fingerprint density at radius 2 is 2.00 bits per heavy atom. The molecule has 0 fully saturated rings. The molecule has 1 aromatic rings. The monoisotopic (exact) mass is 389 g/mol. The average Bonchev–Trinajstić information content (AvgIpc) is 2.63.